The molecule has 63 heavy (non-hydrogen) atoms. The Morgan fingerprint density at radius 3 is 2.19 bits per heavy atom. The fourth-order valence-electron chi connectivity index (χ4n) is 13.0. The maximum atomic E-state index is 12.9. The van der Waals surface area contributed by atoms with Gasteiger partial charge in [0.15, 0.2) is 0 Å². The molecule has 6 aliphatic rings. The predicted octanol–water partition coefficient (Wildman–Crippen LogP) is 9.16. The van der Waals surface area contributed by atoms with E-state index in [2.05, 4.69) is 51.3 Å². The summed E-state index contributed by atoms with van der Waals surface area (Å²) < 4.78 is 22.8. The number of hydrogen-bond acceptors (Lipinski definition) is 10. The van der Waals surface area contributed by atoms with E-state index in [0.29, 0.717) is 93.7 Å². The lowest BCUT2D eigenvalue weighted by molar-refractivity contribution is -0.152. The highest BCUT2D eigenvalue weighted by Crippen LogP contribution is 2.67. The van der Waals surface area contributed by atoms with E-state index in [-0.39, 0.29) is 66.1 Å². The zero-order valence-electron chi connectivity index (χ0n) is 39.6. The second-order valence-corrected chi connectivity index (χ2v) is 22.5. The average Bonchev–Trinajstić information content (AvgIpc) is 3.93. The van der Waals surface area contributed by atoms with E-state index in [4.69, 9.17) is 18.9 Å². The number of Topliss-reactive ketones (excluding diaryl/α,β-unsaturated/α-hetero) is 2. The van der Waals surface area contributed by atoms with Crippen molar-refractivity contribution in [2.75, 3.05) is 45.4 Å². The van der Waals surface area contributed by atoms with E-state index in [9.17, 15) is 24.3 Å². The first-order chi connectivity index (χ1) is 30.3. The Bertz CT molecular complexity index is 1540. The van der Waals surface area contributed by atoms with Crippen LogP contribution in [0, 0.1) is 46.3 Å². The van der Waals surface area contributed by atoms with Crippen LogP contribution in [0.15, 0.2) is 11.6 Å². The normalized spacial score (nSPS) is 33.1. The van der Waals surface area contributed by atoms with Crippen molar-refractivity contribution in [3.05, 3.63) is 11.6 Å². The molecular weight excluding hydrogens is 817 g/mol. The highest BCUT2D eigenvalue weighted by Gasteiger charge is 2.59. The third-order valence-corrected chi connectivity index (χ3v) is 18.3. The van der Waals surface area contributed by atoms with E-state index in [0.717, 1.165) is 87.7 Å². The van der Waals surface area contributed by atoms with E-state index < -0.39 is 0 Å². The fraction of sp³-hybridized carbons (Fsp3) is 0.882. The number of carbonyl (C=O) groups excluding carboxylic acids is 4. The first kappa shape index (κ1) is 50.4. The first-order valence-electron chi connectivity index (χ1n) is 25.3. The van der Waals surface area contributed by atoms with E-state index >= 15 is 0 Å². The molecule has 2 amide bonds. The molecule has 5 fully saturated rings. The number of aliphatic hydroxyl groups excluding tert-OH is 1. The number of ketones is 2. The lowest BCUT2D eigenvalue weighted by atomic mass is 9.47. The van der Waals surface area contributed by atoms with Gasteiger partial charge in [-0.25, -0.2) is 4.79 Å². The zero-order chi connectivity index (χ0) is 45.0. The van der Waals surface area contributed by atoms with Crippen LogP contribution >= 0.6 is 11.8 Å². The van der Waals surface area contributed by atoms with Gasteiger partial charge in [-0.1, -0.05) is 52.7 Å². The lowest BCUT2D eigenvalue weighted by Crippen LogP contribution is -2.51. The minimum absolute atomic E-state index is 0.0539. The molecule has 2 saturated heterocycles. The number of esters is 1. The van der Waals surface area contributed by atoms with Gasteiger partial charge < -0.3 is 34.7 Å². The number of rotatable bonds is 28. The number of urea groups is 1. The zero-order valence-corrected chi connectivity index (χ0v) is 40.5. The number of thioether (sulfide) groups is 1. The molecule has 2 heterocycles. The summed E-state index contributed by atoms with van der Waals surface area (Å²) in [4.78, 5) is 49.2. The highest BCUT2D eigenvalue weighted by atomic mass is 32.2. The molecule has 2 aliphatic heterocycles. The second kappa shape index (κ2) is 24.2. The minimum atomic E-state index is -0.253. The number of hydrogen-bond donors (Lipinski definition) is 3. The number of carbonyl (C=O) groups is 4. The molecule has 0 spiro atoms. The van der Waals surface area contributed by atoms with Gasteiger partial charge in [-0.15, -0.1) is 0 Å². The van der Waals surface area contributed by atoms with Gasteiger partial charge in [0.25, 0.3) is 0 Å². The van der Waals surface area contributed by atoms with Crippen LogP contribution in [0.3, 0.4) is 0 Å². The standard InChI is InChI=1S/C51H84N2O9S/c1-34(2)45(56)20-14-35(3)41-18-19-42-40-17-15-36-32-39(22-24-50(36,4)43(40)23-25-51(41,42)5)62-47(57)21-16-38(55)12-9-27-60-29-31-61-30-28-59-26-8-11-37(54)10-6-7-13-46-48-44(33-63-46)52-49(58)53-48/h15,34-35,39-46,48,56H,6-14,16-33H2,1-5H3,(H2,52,53,58)/t35?,39-,40?,41+,42?,43?,44-,45-,46-,48-,50-,51+/m0/s1. The molecule has 0 aromatic rings. The molecular formula is C51H84N2O9S. The van der Waals surface area contributed by atoms with Crippen LogP contribution in [0.2, 0.25) is 0 Å². The van der Waals surface area contributed by atoms with Gasteiger partial charge in [-0.05, 0) is 130 Å². The summed E-state index contributed by atoms with van der Waals surface area (Å²) in [5, 5.41) is 16.9. The minimum Gasteiger partial charge on any atom is -0.462 e. The number of fused-ring (bicyclic) bond motifs is 6. The summed E-state index contributed by atoms with van der Waals surface area (Å²) in [7, 11) is 0. The molecule has 12 atom stereocenters. The van der Waals surface area contributed by atoms with E-state index in [1.807, 2.05) is 11.8 Å². The maximum absolute atomic E-state index is 12.9. The van der Waals surface area contributed by atoms with Gasteiger partial charge in [0.1, 0.15) is 17.7 Å². The van der Waals surface area contributed by atoms with Crippen LogP contribution in [0.1, 0.15) is 163 Å². The Kier molecular flexibility index (Phi) is 19.3. The van der Waals surface area contributed by atoms with Crippen LogP contribution in [0.4, 0.5) is 4.79 Å². The van der Waals surface area contributed by atoms with Gasteiger partial charge in [-0.3, -0.25) is 14.4 Å². The molecule has 11 nitrogen and oxygen atoms in total. The van der Waals surface area contributed by atoms with Crippen molar-refractivity contribution in [2.45, 2.75) is 193 Å². The maximum Gasteiger partial charge on any atom is 0.315 e. The van der Waals surface area contributed by atoms with Gasteiger partial charge in [0.05, 0.1) is 51.0 Å². The number of amides is 2. The SMILES string of the molecule is CC(CC[C@H](O)C(C)C)[C@H]1CCC2C3CC=C4C[C@@H](OC(=O)CCC(=O)CCCOCCOCCOCCCC(=O)CCCC[C@@H]5SC[C@@H]6NC(=O)N[C@@H]65)CC[C@]4(C)C3CC[C@@]21C. The van der Waals surface area contributed by atoms with Gasteiger partial charge in [0, 0.05) is 56.3 Å². The van der Waals surface area contributed by atoms with E-state index in [1.165, 1.54) is 31.3 Å². The fourth-order valence-corrected chi connectivity index (χ4v) is 14.5. The number of nitrogens with one attached hydrogen (secondary N) is 2. The molecule has 3 saturated carbocycles. The lowest BCUT2D eigenvalue weighted by Gasteiger charge is -2.58. The third kappa shape index (κ3) is 13.6. The third-order valence-electron chi connectivity index (χ3n) is 16.8. The smallest absolute Gasteiger partial charge is 0.315 e. The molecule has 0 radical (unpaired) electrons. The van der Waals surface area contributed by atoms with Crippen molar-refractivity contribution in [2.24, 2.45) is 46.3 Å². The van der Waals surface area contributed by atoms with Gasteiger partial charge in [-0.2, -0.15) is 11.8 Å². The molecule has 358 valence electrons. The molecule has 0 aromatic heterocycles. The van der Waals surface area contributed by atoms with Crippen molar-refractivity contribution in [1.82, 2.24) is 10.6 Å². The van der Waals surface area contributed by atoms with Crippen molar-refractivity contribution in [3.8, 4) is 0 Å². The Labute approximate surface area is 383 Å². The van der Waals surface area contributed by atoms with Crippen molar-refractivity contribution >= 4 is 35.3 Å². The van der Waals surface area contributed by atoms with Crippen molar-refractivity contribution < 1.29 is 43.2 Å². The Morgan fingerprint density at radius 2 is 1.48 bits per heavy atom. The summed E-state index contributed by atoms with van der Waals surface area (Å²) in [6, 6.07) is 0.425. The quantitative estimate of drug-likeness (QED) is 0.0300. The van der Waals surface area contributed by atoms with Gasteiger partial charge in [0.2, 0.25) is 0 Å². The summed E-state index contributed by atoms with van der Waals surface area (Å²) in [6.45, 7) is 14.7. The van der Waals surface area contributed by atoms with Crippen LogP contribution < -0.4 is 10.6 Å². The average molecular weight is 901 g/mol. The van der Waals surface area contributed by atoms with Crippen LogP contribution in [0.5, 0.6) is 0 Å². The molecule has 4 unspecified atom stereocenters. The first-order valence-corrected chi connectivity index (χ1v) is 26.4. The summed E-state index contributed by atoms with van der Waals surface area (Å²) in [5.41, 5.74) is 2.10. The summed E-state index contributed by atoms with van der Waals surface area (Å²) in [6.07, 6.45) is 19.7. The van der Waals surface area contributed by atoms with E-state index in [1.54, 1.807) is 0 Å². The number of unbranched alkanes of at least 4 members (excludes halogenated alkanes) is 1. The predicted molar refractivity (Wildman–Crippen MR) is 248 cm³/mol. The molecule has 0 bridgehead atoms. The molecule has 4 aliphatic carbocycles. The largest absolute Gasteiger partial charge is 0.462 e. The van der Waals surface area contributed by atoms with Crippen LogP contribution in [0.25, 0.3) is 0 Å². The van der Waals surface area contributed by atoms with Crippen molar-refractivity contribution in [1.29, 1.82) is 0 Å². The Balaban J connectivity index is 0.741. The Morgan fingerprint density at radius 1 is 0.794 bits per heavy atom. The van der Waals surface area contributed by atoms with Gasteiger partial charge >= 0.3 is 12.0 Å². The molecule has 0 aromatic carbocycles. The summed E-state index contributed by atoms with van der Waals surface area (Å²) in [5.74, 6) is 5.03. The number of ether oxygens (including phenoxy) is 4. The second-order valence-electron chi connectivity index (χ2n) is 21.2. The topological polar surface area (TPSA) is 149 Å². The molecule has 6 rings (SSSR count). The Hall–Kier alpha value is -1.99. The highest BCUT2D eigenvalue weighted by molar-refractivity contribution is 8.00. The van der Waals surface area contributed by atoms with Crippen molar-refractivity contribution in [3.63, 3.8) is 0 Å². The molecule has 12 heteroatoms. The number of allylic oxidation sites excluding steroid dienone is 1. The monoisotopic (exact) mass is 901 g/mol. The number of aliphatic hydroxyl groups is 1. The van der Waals surface area contributed by atoms with Crippen LogP contribution in [-0.2, 0) is 33.3 Å². The summed E-state index contributed by atoms with van der Waals surface area (Å²) >= 11 is 1.92. The van der Waals surface area contributed by atoms with Crippen LogP contribution in [-0.4, -0.2) is 104 Å². The molecule has 3 N–H and O–H groups in total.